The lowest BCUT2D eigenvalue weighted by Gasteiger charge is -2.56. The molecule has 11 unspecified atom stereocenters. The topological polar surface area (TPSA) is 93.1 Å². The summed E-state index contributed by atoms with van der Waals surface area (Å²) in [5.74, 6) is 2.33. The summed E-state index contributed by atoms with van der Waals surface area (Å²) in [6.45, 7) is 13.8. The molecular weight excluding hydrogens is 492 g/mol. The number of hydrogen-bond donors (Lipinski definition) is 2. The molecule has 0 aromatic rings. The van der Waals surface area contributed by atoms with Crippen molar-refractivity contribution in [3.05, 3.63) is 0 Å². The van der Waals surface area contributed by atoms with Gasteiger partial charge in [-0.25, -0.2) is 0 Å². The minimum atomic E-state index is -0.745. The van der Waals surface area contributed by atoms with Gasteiger partial charge < -0.3 is 19.7 Å². The van der Waals surface area contributed by atoms with E-state index in [9.17, 15) is 19.8 Å². The molecule has 0 radical (unpaired) electrons. The molecule has 3 aliphatic carbocycles. The zero-order valence-corrected chi connectivity index (χ0v) is 25.5. The Labute approximate surface area is 237 Å². The Bertz CT molecular complexity index is 874. The molecule has 4 aliphatic rings. The molecule has 6 heteroatoms. The van der Waals surface area contributed by atoms with Crippen LogP contribution in [0.25, 0.3) is 0 Å². The number of aliphatic hydroxyl groups excluding tert-OH is 2. The Hall–Kier alpha value is -1.14. The molecule has 4 fully saturated rings. The lowest BCUT2D eigenvalue weighted by Crippen LogP contribution is -2.51. The van der Waals surface area contributed by atoms with E-state index in [1.807, 2.05) is 6.92 Å². The maximum absolute atomic E-state index is 12.8. The third-order valence-corrected chi connectivity index (χ3v) is 12.5. The molecule has 4 rings (SSSR count). The zero-order chi connectivity index (χ0) is 28.6. The molecule has 3 saturated carbocycles. The average molecular weight is 549 g/mol. The first-order valence-electron chi connectivity index (χ1n) is 16.1. The fraction of sp³-hybridized carbons (Fsp3) is 0.939. The highest BCUT2D eigenvalue weighted by atomic mass is 16.6. The van der Waals surface area contributed by atoms with Crippen LogP contribution in [0.15, 0.2) is 0 Å². The smallest absolute Gasteiger partial charge is 0.309 e. The van der Waals surface area contributed by atoms with Crippen LogP contribution >= 0.6 is 0 Å². The van der Waals surface area contributed by atoms with E-state index < -0.39 is 5.60 Å². The van der Waals surface area contributed by atoms with Crippen molar-refractivity contribution in [2.75, 3.05) is 6.61 Å². The molecule has 1 saturated heterocycles. The van der Waals surface area contributed by atoms with Crippen LogP contribution in [-0.4, -0.2) is 46.6 Å². The largest absolute Gasteiger partial charge is 0.465 e. The number of fused-ring (bicyclic) bond motifs is 3. The van der Waals surface area contributed by atoms with E-state index in [1.165, 1.54) is 6.42 Å². The molecule has 0 spiro atoms. The highest BCUT2D eigenvalue weighted by Gasteiger charge is 2.60. The summed E-state index contributed by atoms with van der Waals surface area (Å²) in [5, 5.41) is 22.0. The second-order valence-corrected chi connectivity index (χ2v) is 14.8. The molecule has 224 valence electrons. The van der Waals surface area contributed by atoms with Crippen LogP contribution in [0.4, 0.5) is 0 Å². The summed E-state index contributed by atoms with van der Waals surface area (Å²) in [4.78, 5) is 24.5. The number of carbonyl (C=O) groups is 2. The zero-order valence-electron chi connectivity index (χ0n) is 25.5. The van der Waals surface area contributed by atoms with Crippen molar-refractivity contribution in [3.63, 3.8) is 0 Å². The number of hydrogen-bond acceptors (Lipinski definition) is 6. The average Bonchev–Trinajstić information content (AvgIpc) is 3.20. The highest BCUT2D eigenvalue weighted by Crippen LogP contribution is 2.66. The standard InChI is InChI=1S/C33H56O6/c1-7-23(34)14-16-32(5)22(3)9-12-27(35)30-25-11-10-24(33(25,6)17-15-26(30)32)21(2)8-13-28(36)39-31(4)18-19-38-29(37)20-31/h21-27,30,34-35H,7-20H2,1-6H3. The molecule has 1 heterocycles. The molecule has 0 aromatic heterocycles. The summed E-state index contributed by atoms with van der Waals surface area (Å²) in [5.41, 5.74) is -0.415. The molecule has 0 amide bonds. The van der Waals surface area contributed by atoms with Gasteiger partial charge in [-0.05, 0) is 117 Å². The Balaban J connectivity index is 1.43. The fourth-order valence-electron chi connectivity index (χ4n) is 9.68. The number of carbonyl (C=O) groups excluding carboxylic acids is 2. The number of rotatable bonds is 9. The summed E-state index contributed by atoms with van der Waals surface area (Å²) in [7, 11) is 0. The first-order chi connectivity index (χ1) is 18.3. The van der Waals surface area contributed by atoms with Gasteiger partial charge in [-0.3, -0.25) is 9.59 Å². The Morgan fingerprint density at radius 2 is 1.82 bits per heavy atom. The predicted octanol–water partition coefficient (Wildman–Crippen LogP) is 6.45. The van der Waals surface area contributed by atoms with Gasteiger partial charge in [0, 0.05) is 12.8 Å². The molecule has 0 aromatic carbocycles. The highest BCUT2D eigenvalue weighted by molar-refractivity contribution is 5.74. The van der Waals surface area contributed by atoms with Crippen LogP contribution in [0.5, 0.6) is 0 Å². The number of ether oxygens (including phenoxy) is 2. The minimum absolute atomic E-state index is 0.135. The molecule has 0 bridgehead atoms. The Morgan fingerprint density at radius 1 is 1.08 bits per heavy atom. The first kappa shape index (κ1) is 30.8. The summed E-state index contributed by atoms with van der Waals surface area (Å²) >= 11 is 0. The lowest BCUT2D eigenvalue weighted by molar-refractivity contribution is -0.175. The summed E-state index contributed by atoms with van der Waals surface area (Å²) < 4.78 is 10.8. The van der Waals surface area contributed by atoms with E-state index in [4.69, 9.17) is 9.47 Å². The van der Waals surface area contributed by atoms with Gasteiger partial charge in [0.05, 0.1) is 25.2 Å². The monoisotopic (exact) mass is 548 g/mol. The van der Waals surface area contributed by atoms with E-state index in [-0.39, 0.29) is 41.4 Å². The van der Waals surface area contributed by atoms with Crippen LogP contribution in [-0.2, 0) is 19.1 Å². The predicted molar refractivity (Wildman–Crippen MR) is 152 cm³/mol. The van der Waals surface area contributed by atoms with Gasteiger partial charge in [-0.1, -0.05) is 34.6 Å². The van der Waals surface area contributed by atoms with Crippen LogP contribution in [0.2, 0.25) is 0 Å². The molecule has 39 heavy (non-hydrogen) atoms. The van der Waals surface area contributed by atoms with Crippen molar-refractivity contribution in [2.45, 2.75) is 143 Å². The van der Waals surface area contributed by atoms with Gasteiger partial charge in [0.25, 0.3) is 0 Å². The second kappa shape index (κ2) is 12.0. The van der Waals surface area contributed by atoms with Crippen LogP contribution in [0.1, 0.15) is 125 Å². The van der Waals surface area contributed by atoms with E-state index >= 15 is 0 Å². The molecule has 1 aliphatic heterocycles. The quantitative estimate of drug-likeness (QED) is 0.322. The SMILES string of the molecule is CCC(O)CCC1(C)C(C)CCC(O)C2C1CCC1(C)C(C(C)CCC(=O)OC3(C)CCOC(=O)C3)CCC21. The van der Waals surface area contributed by atoms with Crippen LogP contribution in [0.3, 0.4) is 0 Å². The first-order valence-corrected chi connectivity index (χ1v) is 16.1. The van der Waals surface area contributed by atoms with Crippen LogP contribution < -0.4 is 0 Å². The van der Waals surface area contributed by atoms with Crippen molar-refractivity contribution >= 4 is 11.9 Å². The molecule has 2 N–H and O–H groups in total. The Kier molecular flexibility index (Phi) is 9.48. The van der Waals surface area contributed by atoms with Crippen molar-refractivity contribution in [3.8, 4) is 0 Å². The number of aliphatic hydroxyl groups is 2. The van der Waals surface area contributed by atoms with Gasteiger partial charge in [-0.2, -0.15) is 0 Å². The fourth-order valence-corrected chi connectivity index (χ4v) is 9.68. The number of esters is 2. The molecule has 11 atom stereocenters. The van der Waals surface area contributed by atoms with Gasteiger partial charge in [0.1, 0.15) is 5.60 Å². The Morgan fingerprint density at radius 3 is 2.51 bits per heavy atom. The van der Waals surface area contributed by atoms with E-state index in [0.717, 1.165) is 57.8 Å². The van der Waals surface area contributed by atoms with Crippen LogP contribution in [0, 0.1) is 46.3 Å². The summed E-state index contributed by atoms with van der Waals surface area (Å²) in [6.07, 6.45) is 10.7. The number of cyclic esters (lactones) is 1. The van der Waals surface area contributed by atoms with Crippen molar-refractivity contribution < 1.29 is 29.3 Å². The van der Waals surface area contributed by atoms with Gasteiger partial charge >= 0.3 is 11.9 Å². The van der Waals surface area contributed by atoms with Crippen molar-refractivity contribution in [1.82, 2.24) is 0 Å². The van der Waals surface area contributed by atoms with Gasteiger partial charge in [-0.15, -0.1) is 0 Å². The van der Waals surface area contributed by atoms with Gasteiger partial charge in [0.2, 0.25) is 0 Å². The third kappa shape index (κ3) is 6.22. The minimum Gasteiger partial charge on any atom is -0.465 e. The maximum atomic E-state index is 12.8. The lowest BCUT2D eigenvalue weighted by atomic mass is 9.49. The second-order valence-electron chi connectivity index (χ2n) is 14.8. The van der Waals surface area contributed by atoms with Crippen molar-refractivity contribution in [2.24, 2.45) is 46.3 Å². The molecular formula is C33H56O6. The third-order valence-electron chi connectivity index (χ3n) is 12.5. The summed E-state index contributed by atoms with van der Waals surface area (Å²) in [6, 6.07) is 0. The van der Waals surface area contributed by atoms with Gasteiger partial charge in [0.15, 0.2) is 0 Å². The van der Waals surface area contributed by atoms with E-state index in [2.05, 4.69) is 34.6 Å². The maximum Gasteiger partial charge on any atom is 0.309 e. The molecule has 6 nitrogen and oxygen atoms in total. The van der Waals surface area contributed by atoms with Crippen molar-refractivity contribution in [1.29, 1.82) is 0 Å². The van der Waals surface area contributed by atoms with E-state index in [0.29, 0.717) is 55.0 Å². The normalized spacial score (nSPS) is 43.9. The van der Waals surface area contributed by atoms with E-state index in [1.54, 1.807) is 0 Å².